The average Bonchev–Trinajstić information content (AvgIpc) is 2.39. The van der Waals surface area contributed by atoms with E-state index in [1.807, 2.05) is 38.1 Å². The minimum atomic E-state index is -0.183. The molecule has 0 bridgehead atoms. The summed E-state index contributed by atoms with van der Waals surface area (Å²) >= 11 is 0. The van der Waals surface area contributed by atoms with Crippen molar-refractivity contribution in [1.29, 1.82) is 0 Å². The molecule has 0 aliphatic heterocycles. The van der Waals surface area contributed by atoms with E-state index in [0.717, 1.165) is 11.3 Å². The van der Waals surface area contributed by atoms with Crippen molar-refractivity contribution in [1.82, 2.24) is 0 Å². The number of rotatable bonds is 9. The van der Waals surface area contributed by atoms with Crippen molar-refractivity contribution in [2.75, 3.05) is 19.8 Å². The summed E-state index contributed by atoms with van der Waals surface area (Å²) in [6.45, 7) is 6.30. The van der Waals surface area contributed by atoms with Crippen molar-refractivity contribution in [3.05, 3.63) is 29.8 Å². The van der Waals surface area contributed by atoms with Gasteiger partial charge in [0, 0.05) is 26.2 Å². The minimum Gasteiger partial charge on any atom is -0.493 e. The van der Waals surface area contributed by atoms with Gasteiger partial charge in [-0.1, -0.05) is 12.1 Å². The SMILES string of the molecule is CCOC(CCOc1cccc(CN)c1)OCC. The summed E-state index contributed by atoms with van der Waals surface area (Å²) in [7, 11) is 0. The summed E-state index contributed by atoms with van der Waals surface area (Å²) in [6, 6.07) is 7.81. The van der Waals surface area contributed by atoms with E-state index in [-0.39, 0.29) is 6.29 Å². The van der Waals surface area contributed by atoms with Crippen molar-refractivity contribution in [3.8, 4) is 5.75 Å². The second-order valence-corrected chi connectivity index (χ2v) is 3.83. The Labute approximate surface area is 109 Å². The van der Waals surface area contributed by atoms with Crippen LogP contribution in [0.15, 0.2) is 24.3 Å². The maximum atomic E-state index is 5.66. The van der Waals surface area contributed by atoms with E-state index in [4.69, 9.17) is 19.9 Å². The predicted octanol–water partition coefficient (Wildman–Crippen LogP) is 2.31. The molecule has 0 amide bonds. The number of nitrogens with two attached hydrogens (primary N) is 1. The van der Waals surface area contributed by atoms with E-state index in [1.54, 1.807) is 0 Å². The molecular formula is C14H23NO3. The topological polar surface area (TPSA) is 53.7 Å². The van der Waals surface area contributed by atoms with Crippen molar-refractivity contribution in [3.63, 3.8) is 0 Å². The summed E-state index contributed by atoms with van der Waals surface area (Å²) in [5.41, 5.74) is 6.65. The molecule has 0 radical (unpaired) electrons. The quantitative estimate of drug-likeness (QED) is 0.686. The molecule has 0 saturated heterocycles. The molecule has 0 aliphatic rings. The van der Waals surface area contributed by atoms with Crippen LogP contribution < -0.4 is 10.5 Å². The summed E-state index contributed by atoms with van der Waals surface area (Å²) in [4.78, 5) is 0. The summed E-state index contributed by atoms with van der Waals surface area (Å²) in [5.74, 6) is 0.838. The zero-order valence-electron chi connectivity index (χ0n) is 11.2. The van der Waals surface area contributed by atoms with Crippen LogP contribution in [0.2, 0.25) is 0 Å². The highest BCUT2D eigenvalue weighted by molar-refractivity contribution is 5.28. The molecule has 0 fully saturated rings. The second kappa shape index (κ2) is 8.91. The zero-order valence-corrected chi connectivity index (χ0v) is 11.2. The standard InChI is InChI=1S/C14H23NO3/c1-3-16-14(17-4-2)8-9-18-13-7-5-6-12(10-13)11-15/h5-7,10,14H,3-4,8-9,11,15H2,1-2H3. The molecule has 0 heterocycles. The molecule has 0 unspecified atom stereocenters. The molecule has 0 aliphatic carbocycles. The molecule has 1 aromatic carbocycles. The summed E-state index contributed by atoms with van der Waals surface area (Å²) in [6.07, 6.45) is 0.534. The molecular weight excluding hydrogens is 230 g/mol. The van der Waals surface area contributed by atoms with E-state index in [9.17, 15) is 0 Å². The Morgan fingerprint density at radius 2 is 1.89 bits per heavy atom. The lowest BCUT2D eigenvalue weighted by molar-refractivity contribution is -0.142. The number of hydrogen-bond donors (Lipinski definition) is 1. The third-order valence-electron chi connectivity index (χ3n) is 2.46. The van der Waals surface area contributed by atoms with Crippen LogP contribution in [0.1, 0.15) is 25.8 Å². The number of hydrogen-bond acceptors (Lipinski definition) is 4. The highest BCUT2D eigenvalue weighted by Gasteiger charge is 2.07. The number of ether oxygens (including phenoxy) is 3. The van der Waals surface area contributed by atoms with Crippen LogP contribution in [-0.4, -0.2) is 26.1 Å². The van der Waals surface area contributed by atoms with Gasteiger partial charge in [0.15, 0.2) is 6.29 Å². The number of benzene rings is 1. The fraction of sp³-hybridized carbons (Fsp3) is 0.571. The first-order valence-electron chi connectivity index (χ1n) is 6.45. The molecule has 0 atom stereocenters. The summed E-state index contributed by atoms with van der Waals surface area (Å²) in [5, 5.41) is 0. The molecule has 0 aromatic heterocycles. The molecule has 2 N–H and O–H groups in total. The first-order chi connectivity index (χ1) is 8.80. The van der Waals surface area contributed by atoms with Gasteiger partial charge in [0.2, 0.25) is 0 Å². The van der Waals surface area contributed by atoms with Gasteiger partial charge in [-0.2, -0.15) is 0 Å². The van der Waals surface area contributed by atoms with Crippen LogP contribution in [0.5, 0.6) is 5.75 Å². The molecule has 18 heavy (non-hydrogen) atoms. The monoisotopic (exact) mass is 253 g/mol. The molecule has 102 valence electrons. The van der Waals surface area contributed by atoms with Gasteiger partial charge in [-0.25, -0.2) is 0 Å². The third-order valence-corrected chi connectivity index (χ3v) is 2.46. The van der Waals surface area contributed by atoms with Crippen LogP contribution in [0, 0.1) is 0 Å². The van der Waals surface area contributed by atoms with Crippen molar-refractivity contribution < 1.29 is 14.2 Å². The highest BCUT2D eigenvalue weighted by atomic mass is 16.7. The smallest absolute Gasteiger partial charge is 0.160 e. The fourth-order valence-electron chi connectivity index (χ4n) is 1.62. The average molecular weight is 253 g/mol. The summed E-state index contributed by atoms with van der Waals surface area (Å²) < 4.78 is 16.5. The van der Waals surface area contributed by atoms with Crippen LogP contribution in [0.4, 0.5) is 0 Å². The largest absolute Gasteiger partial charge is 0.493 e. The van der Waals surface area contributed by atoms with E-state index >= 15 is 0 Å². The Morgan fingerprint density at radius 3 is 2.50 bits per heavy atom. The van der Waals surface area contributed by atoms with E-state index in [0.29, 0.717) is 32.8 Å². The van der Waals surface area contributed by atoms with Gasteiger partial charge in [-0.15, -0.1) is 0 Å². The van der Waals surface area contributed by atoms with Gasteiger partial charge < -0.3 is 19.9 Å². The van der Waals surface area contributed by atoms with E-state index in [2.05, 4.69) is 0 Å². The normalized spacial score (nSPS) is 10.9. The van der Waals surface area contributed by atoms with Gasteiger partial charge in [-0.3, -0.25) is 0 Å². The lowest BCUT2D eigenvalue weighted by Crippen LogP contribution is -2.20. The minimum absolute atomic E-state index is 0.183. The lowest BCUT2D eigenvalue weighted by Gasteiger charge is -2.17. The van der Waals surface area contributed by atoms with Gasteiger partial charge >= 0.3 is 0 Å². The molecule has 1 aromatic rings. The Bertz CT molecular complexity index is 325. The fourth-order valence-corrected chi connectivity index (χ4v) is 1.62. The van der Waals surface area contributed by atoms with E-state index in [1.165, 1.54) is 0 Å². The van der Waals surface area contributed by atoms with Gasteiger partial charge in [-0.05, 0) is 31.5 Å². The Morgan fingerprint density at radius 1 is 1.17 bits per heavy atom. The first kappa shape index (κ1) is 15.0. The molecule has 0 spiro atoms. The second-order valence-electron chi connectivity index (χ2n) is 3.83. The van der Waals surface area contributed by atoms with Gasteiger partial charge in [0.05, 0.1) is 6.61 Å². The van der Waals surface area contributed by atoms with Crippen LogP contribution in [0.3, 0.4) is 0 Å². The van der Waals surface area contributed by atoms with Crippen molar-refractivity contribution in [2.24, 2.45) is 5.73 Å². The first-order valence-corrected chi connectivity index (χ1v) is 6.45. The van der Waals surface area contributed by atoms with Crippen molar-refractivity contribution >= 4 is 0 Å². The molecule has 4 heteroatoms. The van der Waals surface area contributed by atoms with Crippen LogP contribution >= 0.6 is 0 Å². The predicted molar refractivity (Wildman–Crippen MR) is 71.5 cm³/mol. The molecule has 1 rings (SSSR count). The highest BCUT2D eigenvalue weighted by Crippen LogP contribution is 2.13. The lowest BCUT2D eigenvalue weighted by atomic mass is 10.2. The third kappa shape index (κ3) is 5.49. The maximum absolute atomic E-state index is 5.66. The van der Waals surface area contributed by atoms with Crippen LogP contribution in [-0.2, 0) is 16.0 Å². The zero-order chi connectivity index (χ0) is 13.2. The Balaban J connectivity index is 2.34. The molecule has 0 saturated carbocycles. The Hall–Kier alpha value is -1.10. The van der Waals surface area contributed by atoms with Crippen LogP contribution in [0.25, 0.3) is 0 Å². The van der Waals surface area contributed by atoms with Gasteiger partial charge in [0.25, 0.3) is 0 Å². The van der Waals surface area contributed by atoms with E-state index < -0.39 is 0 Å². The molecule has 4 nitrogen and oxygen atoms in total. The maximum Gasteiger partial charge on any atom is 0.160 e. The van der Waals surface area contributed by atoms with Gasteiger partial charge in [0.1, 0.15) is 5.75 Å². The Kier molecular flexibility index (Phi) is 7.41. The van der Waals surface area contributed by atoms with Crippen molar-refractivity contribution in [2.45, 2.75) is 33.1 Å².